The van der Waals surface area contributed by atoms with Crippen molar-refractivity contribution >= 4 is 29.2 Å². The molecule has 1 amide bonds. The summed E-state index contributed by atoms with van der Waals surface area (Å²) in [4.78, 5) is 24.2. The summed E-state index contributed by atoms with van der Waals surface area (Å²) < 4.78 is 0. The Labute approximate surface area is 201 Å². The number of rotatable bonds is 5. The molecule has 1 saturated carbocycles. The maximum absolute atomic E-state index is 13.1. The fraction of sp³-hybridized carbons (Fsp3) is 0.520. The highest BCUT2D eigenvalue weighted by atomic mass is 16.2. The molecular formula is C25H36N8O. The highest BCUT2D eigenvalue weighted by molar-refractivity contribution is 6.00. The van der Waals surface area contributed by atoms with Crippen LogP contribution in [0.5, 0.6) is 0 Å². The monoisotopic (exact) mass is 464 g/mol. The van der Waals surface area contributed by atoms with Gasteiger partial charge in [0, 0.05) is 41.5 Å². The van der Waals surface area contributed by atoms with Crippen LogP contribution in [0.4, 0.5) is 17.5 Å². The minimum Gasteiger partial charge on any atom is -0.398 e. The number of hydrogen-bond acceptors (Lipinski definition) is 7. The first-order valence-corrected chi connectivity index (χ1v) is 12.2. The smallest absolute Gasteiger partial charge is 0.225 e. The third-order valence-corrected chi connectivity index (χ3v) is 7.20. The van der Waals surface area contributed by atoms with E-state index in [9.17, 15) is 4.79 Å². The minimum absolute atomic E-state index is 0.0823. The largest absolute Gasteiger partial charge is 0.398 e. The first-order chi connectivity index (χ1) is 16.2. The average molecular weight is 465 g/mol. The summed E-state index contributed by atoms with van der Waals surface area (Å²) in [6.07, 6.45) is 6.33. The van der Waals surface area contributed by atoms with Crippen LogP contribution >= 0.6 is 0 Å². The van der Waals surface area contributed by atoms with Gasteiger partial charge in [0.1, 0.15) is 11.7 Å². The fourth-order valence-electron chi connectivity index (χ4n) is 5.24. The van der Waals surface area contributed by atoms with E-state index in [1.54, 1.807) is 12.1 Å². The van der Waals surface area contributed by atoms with Crippen molar-refractivity contribution in [3.05, 3.63) is 29.8 Å². The first kappa shape index (κ1) is 23.8. The van der Waals surface area contributed by atoms with E-state index < -0.39 is 0 Å². The van der Waals surface area contributed by atoms with E-state index in [1.165, 1.54) is 12.8 Å². The molecule has 2 heterocycles. The van der Waals surface area contributed by atoms with Crippen molar-refractivity contribution in [3.63, 3.8) is 0 Å². The molecule has 9 nitrogen and oxygen atoms in total. The van der Waals surface area contributed by atoms with Crippen LogP contribution in [0.15, 0.2) is 24.3 Å². The van der Waals surface area contributed by atoms with Crippen LogP contribution < -0.4 is 27.4 Å². The van der Waals surface area contributed by atoms with E-state index in [1.807, 2.05) is 12.1 Å². The van der Waals surface area contributed by atoms with E-state index in [-0.39, 0.29) is 35.7 Å². The lowest BCUT2D eigenvalue weighted by Crippen LogP contribution is -2.49. The van der Waals surface area contributed by atoms with E-state index >= 15 is 0 Å². The van der Waals surface area contributed by atoms with E-state index in [4.69, 9.17) is 22.6 Å². The fourth-order valence-corrected chi connectivity index (χ4v) is 5.24. The van der Waals surface area contributed by atoms with Crippen molar-refractivity contribution in [2.75, 3.05) is 22.9 Å². The zero-order valence-corrected chi connectivity index (χ0v) is 20.1. The molecule has 1 saturated heterocycles. The molecule has 0 bridgehead atoms. The lowest BCUT2D eigenvalue weighted by Gasteiger charge is -2.39. The van der Waals surface area contributed by atoms with Gasteiger partial charge in [-0.05, 0) is 50.7 Å². The molecule has 2 aliphatic rings. The maximum Gasteiger partial charge on any atom is 0.225 e. The van der Waals surface area contributed by atoms with Crippen molar-refractivity contribution < 1.29 is 4.79 Å². The highest BCUT2D eigenvalue weighted by Crippen LogP contribution is 2.31. The number of nitrogens with zero attached hydrogens (tertiary/aromatic N) is 3. The lowest BCUT2D eigenvalue weighted by molar-refractivity contribution is -0.126. The Morgan fingerprint density at radius 1 is 1.12 bits per heavy atom. The number of nitrogens with one attached hydrogen (secondary N) is 2. The summed E-state index contributed by atoms with van der Waals surface area (Å²) in [6.45, 7) is 5.01. The second-order valence-electron chi connectivity index (χ2n) is 9.94. The normalized spacial score (nSPS) is 25.1. The van der Waals surface area contributed by atoms with Gasteiger partial charge in [-0.1, -0.05) is 25.8 Å². The molecular weight excluding hydrogens is 428 g/mol. The Morgan fingerprint density at radius 2 is 1.91 bits per heavy atom. The van der Waals surface area contributed by atoms with Crippen LogP contribution in [0.25, 0.3) is 11.3 Å². The molecule has 0 spiro atoms. The van der Waals surface area contributed by atoms with Crippen molar-refractivity contribution in [3.8, 4) is 11.3 Å². The van der Waals surface area contributed by atoms with Gasteiger partial charge < -0.3 is 27.4 Å². The van der Waals surface area contributed by atoms with E-state index in [2.05, 4.69) is 34.0 Å². The van der Waals surface area contributed by atoms with Crippen LogP contribution in [0, 0.1) is 17.2 Å². The number of amidine groups is 1. The van der Waals surface area contributed by atoms with Gasteiger partial charge in [-0.2, -0.15) is 4.98 Å². The van der Waals surface area contributed by atoms with Crippen LogP contribution in [-0.4, -0.2) is 40.3 Å². The van der Waals surface area contributed by atoms with E-state index in [0.29, 0.717) is 35.2 Å². The third-order valence-electron chi connectivity index (χ3n) is 7.20. The number of carbonyl (C=O) groups is 1. The Hall–Kier alpha value is -3.36. The van der Waals surface area contributed by atoms with E-state index in [0.717, 1.165) is 31.2 Å². The molecule has 182 valence electrons. The molecule has 1 aliphatic heterocycles. The number of carbonyl (C=O) groups excluding carboxylic acids is 1. The van der Waals surface area contributed by atoms with Gasteiger partial charge >= 0.3 is 0 Å². The molecule has 8 N–H and O–H groups in total. The van der Waals surface area contributed by atoms with Crippen LogP contribution in [0.1, 0.15) is 57.9 Å². The van der Waals surface area contributed by atoms with Gasteiger partial charge in [0.15, 0.2) is 0 Å². The van der Waals surface area contributed by atoms with Gasteiger partial charge in [-0.3, -0.25) is 10.2 Å². The standard InChI is InChI=1S/C25H36N8O/c1-14-4-3-5-18(10-14)30-24(34)17-7-6-15(2)33(13-17)22-12-21(31-25(29)32-22)16-8-9-19(23(27)28)20(26)11-16/h8-9,11-12,14-15,17-18H,3-7,10,13,26H2,1-2H3,(H3,27,28)(H,30,34)(H2,29,31,32). The Balaban J connectivity index is 1.53. The second-order valence-corrected chi connectivity index (χ2v) is 9.94. The predicted molar refractivity (Wildman–Crippen MR) is 136 cm³/mol. The van der Waals surface area contributed by atoms with Gasteiger partial charge in [0.2, 0.25) is 11.9 Å². The summed E-state index contributed by atoms with van der Waals surface area (Å²) in [5.74, 6) is 1.51. The molecule has 4 atom stereocenters. The molecule has 9 heteroatoms. The summed E-state index contributed by atoms with van der Waals surface area (Å²) in [5, 5.41) is 10.9. The Morgan fingerprint density at radius 3 is 2.62 bits per heavy atom. The van der Waals surface area contributed by atoms with Gasteiger partial charge in [0.25, 0.3) is 0 Å². The second kappa shape index (κ2) is 9.87. The Bertz CT molecular complexity index is 1070. The summed E-state index contributed by atoms with van der Waals surface area (Å²) in [5.41, 5.74) is 20.1. The number of nitrogen functional groups attached to an aromatic ring is 3. The van der Waals surface area contributed by atoms with Crippen molar-refractivity contribution in [1.29, 1.82) is 5.41 Å². The highest BCUT2D eigenvalue weighted by Gasteiger charge is 2.32. The zero-order valence-electron chi connectivity index (χ0n) is 20.1. The van der Waals surface area contributed by atoms with Crippen LogP contribution in [-0.2, 0) is 4.79 Å². The topological polar surface area (TPSA) is 160 Å². The molecule has 4 rings (SSSR count). The molecule has 2 fully saturated rings. The number of amides is 1. The van der Waals surface area contributed by atoms with Crippen molar-refractivity contribution in [1.82, 2.24) is 15.3 Å². The number of hydrogen-bond donors (Lipinski definition) is 5. The van der Waals surface area contributed by atoms with Gasteiger partial charge in [-0.25, -0.2) is 4.98 Å². The van der Waals surface area contributed by atoms with Crippen molar-refractivity contribution in [2.45, 2.75) is 64.5 Å². The molecule has 34 heavy (non-hydrogen) atoms. The lowest BCUT2D eigenvalue weighted by atomic mass is 9.86. The summed E-state index contributed by atoms with van der Waals surface area (Å²) in [6, 6.07) is 7.67. The van der Waals surface area contributed by atoms with Gasteiger partial charge in [0.05, 0.1) is 11.6 Å². The number of piperidine rings is 1. The number of anilines is 3. The minimum atomic E-state index is -0.0847. The SMILES string of the molecule is CC1CCCC(NC(=O)C2CCC(C)N(c3cc(-c4ccc(C(=N)N)c(N)c4)nc(N)n3)C2)C1. The summed E-state index contributed by atoms with van der Waals surface area (Å²) >= 11 is 0. The molecule has 0 radical (unpaired) electrons. The maximum atomic E-state index is 13.1. The van der Waals surface area contributed by atoms with Crippen LogP contribution in [0.3, 0.4) is 0 Å². The molecule has 4 unspecified atom stereocenters. The predicted octanol–water partition coefficient (Wildman–Crippen LogP) is 2.89. The average Bonchev–Trinajstić information content (AvgIpc) is 2.78. The van der Waals surface area contributed by atoms with Crippen LogP contribution in [0.2, 0.25) is 0 Å². The first-order valence-electron chi connectivity index (χ1n) is 12.2. The number of nitrogens with two attached hydrogens (primary N) is 3. The number of benzene rings is 1. The number of aromatic nitrogens is 2. The van der Waals surface area contributed by atoms with Crippen molar-refractivity contribution in [2.24, 2.45) is 17.6 Å². The molecule has 1 aromatic heterocycles. The quantitative estimate of drug-likeness (QED) is 0.258. The summed E-state index contributed by atoms with van der Waals surface area (Å²) in [7, 11) is 0. The zero-order chi connectivity index (χ0) is 24.4. The molecule has 1 aromatic carbocycles. The third kappa shape index (κ3) is 5.24. The molecule has 1 aliphatic carbocycles. The Kier molecular flexibility index (Phi) is 6.90. The van der Waals surface area contributed by atoms with Gasteiger partial charge in [-0.15, -0.1) is 0 Å². The molecule has 2 aromatic rings.